The molecule has 0 saturated heterocycles. The number of carbonyl (C=O) groups is 1. The van der Waals surface area contributed by atoms with E-state index in [4.69, 9.17) is 0 Å². The van der Waals surface area contributed by atoms with Crippen LogP contribution >= 0.6 is 23.5 Å². The van der Waals surface area contributed by atoms with Crippen molar-refractivity contribution in [3.63, 3.8) is 0 Å². The van der Waals surface area contributed by atoms with Gasteiger partial charge in [-0.2, -0.15) is 5.10 Å². The molecule has 2 heterocycles. The highest BCUT2D eigenvalue weighted by molar-refractivity contribution is 8.00. The molecule has 5 nitrogen and oxygen atoms in total. The number of aromatic nitrogens is 3. The summed E-state index contributed by atoms with van der Waals surface area (Å²) in [5.74, 6) is 0.406. The van der Waals surface area contributed by atoms with E-state index in [0.717, 1.165) is 10.6 Å². The summed E-state index contributed by atoms with van der Waals surface area (Å²) in [4.78, 5) is 20.0. The van der Waals surface area contributed by atoms with Crippen molar-refractivity contribution < 1.29 is 4.79 Å². The molecule has 1 N–H and O–H groups in total. The zero-order valence-corrected chi connectivity index (χ0v) is 13.8. The number of hydrogen-bond acceptors (Lipinski definition) is 5. The minimum atomic E-state index is 0.0581. The smallest absolute Gasteiger partial charge is 0.238 e. The third-order valence-electron chi connectivity index (χ3n) is 3.74. The van der Waals surface area contributed by atoms with E-state index in [1.54, 1.807) is 0 Å². The van der Waals surface area contributed by atoms with Gasteiger partial charge in [0.2, 0.25) is 5.91 Å². The van der Waals surface area contributed by atoms with Crippen molar-refractivity contribution in [2.75, 3.05) is 10.7 Å². The average molecular weight is 342 g/mol. The lowest BCUT2D eigenvalue weighted by Crippen LogP contribution is -2.48. The molecule has 116 valence electrons. The van der Waals surface area contributed by atoms with Crippen molar-refractivity contribution in [3.8, 4) is 0 Å². The second-order valence-corrected chi connectivity index (χ2v) is 7.34. The highest BCUT2D eigenvalue weighted by Gasteiger charge is 2.36. The van der Waals surface area contributed by atoms with E-state index in [1.165, 1.54) is 18.1 Å². The Balaban J connectivity index is 1.62. The predicted octanol–water partition coefficient (Wildman–Crippen LogP) is 2.90. The van der Waals surface area contributed by atoms with Gasteiger partial charge in [-0.25, -0.2) is 4.98 Å². The van der Waals surface area contributed by atoms with Gasteiger partial charge < -0.3 is 4.90 Å². The van der Waals surface area contributed by atoms with Gasteiger partial charge in [0.25, 0.3) is 0 Å². The van der Waals surface area contributed by atoms with Crippen LogP contribution in [0.3, 0.4) is 0 Å². The molecular formula is C16H14N4OS2. The summed E-state index contributed by atoms with van der Waals surface area (Å²) in [6.07, 6.45) is 9.78. The molecule has 0 fully saturated rings. The van der Waals surface area contributed by atoms with Crippen LogP contribution in [0.4, 0.5) is 5.69 Å². The Kier molecular flexibility index (Phi) is 3.97. The third kappa shape index (κ3) is 2.82. The fourth-order valence-corrected chi connectivity index (χ4v) is 4.64. The van der Waals surface area contributed by atoms with Gasteiger partial charge in [-0.1, -0.05) is 48.2 Å². The number of H-pyrrole nitrogens is 1. The first-order valence-electron chi connectivity index (χ1n) is 7.24. The van der Waals surface area contributed by atoms with Crippen LogP contribution in [0.5, 0.6) is 0 Å². The Morgan fingerprint density at radius 3 is 3.04 bits per heavy atom. The number of para-hydroxylation sites is 1. The van der Waals surface area contributed by atoms with Crippen LogP contribution in [0.2, 0.25) is 0 Å². The highest BCUT2D eigenvalue weighted by Crippen LogP contribution is 2.43. The van der Waals surface area contributed by atoms with Gasteiger partial charge in [-0.15, -0.1) is 11.8 Å². The number of anilines is 1. The molecule has 0 radical (unpaired) electrons. The van der Waals surface area contributed by atoms with Crippen molar-refractivity contribution in [3.05, 3.63) is 54.9 Å². The van der Waals surface area contributed by atoms with Crippen molar-refractivity contribution in [2.45, 2.75) is 21.3 Å². The third-order valence-corrected chi connectivity index (χ3v) is 5.91. The van der Waals surface area contributed by atoms with Crippen molar-refractivity contribution in [2.24, 2.45) is 0 Å². The quantitative estimate of drug-likeness (QED) is 0.869. The molecule has 0 spiro atoms. The summed E-state index contributed by atoms with van der Waals surface area (Å²) in [7, 11) is 0. The number of rotatable bonds is 3. The average Bonchev–Trinajstić information content (AvgIpc) is 3.11. The molecule has 23 heavy (non-hydrogen) atoms. The van der Waals surface area contributed by atoms with E-state index < -0.39 is 0 Å². The Hall–Kier alpha value is -1.99. The van der Waals surface area contributed by atoms with Gasteiger partial charge in [0.15, 0.2) is 5.16 Å². The summed E-state index contributed by atoms with van der Waals surface area (Å²) in [5.41, 5.74) is 0.988. The second-order valence-electron chi connectivity index (χ2n) is 5.15. The number of nitrogens with zero attached hydrogens (tertiary/aromatic N) is 3. The van der Waals surface area contributed by atoms with Crippen molar-refractivity contribution in [1.82, 2.24) is 15.2 Å². The number of fused-ring (bicyclic) bond motifs is 2. The van der Waals surface area contributed by atoms with Crippen molar-refractivity contribution >= 4 is 35.1 Å². The first-order valence-corrected chi connectivity index (χ1v) is 9.10. The molecule has 2 aromatic rings. The fraction of sp³-hybridized carbons (Fsp3) is 0.188. The molecule has 7 heteroatoms. The van der Waals surface area contributed by atoms with Crippen LogP contribution in [0, 0.1) is 0 Å². The Morgan fingerprint density at radius 1 is 1.30 bits per heavy atom. The van der Waals surface area contributed by atoms with Crippen LogP contribution in [0.25, 0.3) is 0 Å². The first-order chi connectivity index (χ1) is 11.3. The number of hydrogen-bond donors (Lipinski definition) is 1. The maximum absolute atomic E-state index is 12.9. The molecule has 0 unspecified atom stereocenters. The molecule has 1 aromatic carbocycles. The lowest BCUT2D eigenvalue weighted by atomic mass is 10.0. The van der Waals surface area contributed by atoms with Crippen LogP contribution in [-0.2, 0) is 4.79 Å². The van der Waals surface area contributed by atoms with Crippen molar-refractivity contribution in [1.29, 1.82) is 0 Å². The summed E-state index contributed by atoms with van der Waals surface area (Å²) in [6, 6.07) is 8.14. The minimum absolute atomic E-state index is 0.0581. The Morgan fingerprint density at radius 2 is 2.17 bits per heavy atom. The molecule has 2 aliphatic rings. The zero-order valence-electron chi connectivity index (χ0n) is 12.1. The van der Waals surface area contributed by atoms with Gasteiger partial charge >= 0.3 is 0 Å². The molecule has 4 rings (SSSR count). The van der Waals surface area contributed by atoms with Crippen LogP contribution < -0.4 is 4.90 Å². The van der Waals surface area contributed by atoms with Crippen LogP contribution in [0.1, 0.15) is 0 Å². The van der Waals surface area contributed by atoms with Gasteiger partial charge in [0, 0.05) is 4.90 Å². The Labute approximate surface area is 142 Å². The summed E-state index contributed by atoms with van der Waals surface area (Å²) < 4.78 is 0. The number of carbonyl (C=O) groups excluding carboxylic acids is 1. The first kappa shape index (κ1) is 14.6. The molecule has 1 amide bonds. The van der Waals surface area contributed by atoms with Gasteiger partial charge in [0.05, 0.1) is 22.7 Å². The van der Waals surface area contributed by atoms with E-state index in [2.05, 4.69) is 33.4 Å². The summed E-state index contributed by atoms with van der Waals surface area (Å²) in [5, 5.41) is 7.50. The number of allylic oxidation sites excluding steroid dienone is 2. The lowest BCUT2D eigenvalue weighted by Gasteiger charge is -2.40. The topological polar surface area (TPSA) is 61.9 Å². The molecule has 1 aromatic heterocycles. The van der Waals surface area contributed by atoms with E-state index in [1.807, 2.05) is 47.0 Å². The van der Waals surface area contributed by atoms with E-state index in [9.17, 15) is 4.79 Å². The molecule has 1 aliphatic carbocycles. The standard InChI is InChI=1S/C16H14N4OS2/c21-15(9-22-16-17-10-18-19-16)20-11-5-1-3-7-13(11)23-14-8-4-2-6-12(14)20/h1-8,10-11,13H,9H2,(H,17,18,19)/t11-,13+/m0/s1. The largest absolute Gasteiger partial charge is 0.302 e. The van der Waals surface area contributed by atoms with Gasteiger partial charge in [0.1, 0.15) is 6.33 Å². The number of nitrogens with one attached hydrogen (secondary N) is 1. The normalized spacial score (nSPS) is 21.8. The fourth-order valence-electron chi connectivity index (χ4n) is 2.74. The lowest BCUT2D eigenvalue weighted by molar-refractivity contribution is -0.116. The summed E-state index contributed by atoms with van der Waals surface area (Å²) in [6.45, 7) is 0. The van der Waals surface area contributed by atoms with E-state index in [0.29, 0.717) is 10.9 Å². The van der Waals surface area contributed by atoms with Crippen LogP contribution in [-0.4, -0.2) is 38.1 Å². The molecule has 2 atom stereocenters. The monoisotopic (exact) mass is 342 g/mol. The SMILES string of the molecule is O=C(CSc1ncn[nH]1)N1c2ccccc2S[C@@H]2C=CC=C[C@@H]21. The van der Waals surface area contributed by atoms with E-state index in [-0.39, 0.29) is 17.2 Å². The molecule has 1 aliphatic heterocycles. The Bertz CT molecular complexity index is 772. The molecule has 0 bridgehead atoms. The zero-order chi connectivity index (χ0) is 15.6. The maximum Gasteiger partial charge on any atom is 0.238 e. The second kappa shape index (κ2) is 6.25. The molecular weight excluding hydrogens is 328 g/mol. The minimum Gasteiger partial charge on any atom is -0.302 e. The van der Waals surface area contributed by atoms with Gasteiger partial charge in [-0.3, -0.25) is 9.89 Å². The van der Waals surface area contributed by atoms with Crippen LogP contribution in [0.15, 0.2) is 64.9 Å². The van der Waals surface area contributed by atoms with E-state index >= 15 is 0 Å². The highest BCUT2D eigenvalue weighted by atomic mass is 32.2. The number of aromatic amines is 1. The predicted molar refractivity (Wildman–Crippen MR) is 92.7 cm³/mol. The number of amides is 1. The molecule has 0 saturated carbocycles. The number of benzene rings is 1. The maximum atomic E-state index is 12.9. The van der Waals surface area contributed by atoms with Gasteiger partial charge in [-0.05, 0) is 12.1 Å². The summed E-state index contributed by atoms with van der Waals surface area (Å²) >= 11 is 3.18. The number of thioether (sulfide) groups is 2.